The SMILES string of the molecule is CCCCc1[c]ccc(-c2cccc(CC)c2CC)c1CCCC. The molecule has 0 unspecified atom stereocenters. The molecule has 2 rings (SSSR count). The zero-order chi connectivity index (χ0) is 17.4. The average molecular weight is 322 g/mol. The molecule has 0 aliphatic rings. The van der Waals surface area contributed by atoms with Crippen LogP contribution < -0.4 is 0 Å². The first kappa shape index (κ1) is 18.8. The van der Waals surface area contributed by atoms with Crippen LogP contribution in [0, 0.1) is 6.07 Å². The summed E-state index contributed by atoms with van der Waals surface area (Å²) in [6.07, 6.45) is 9.58. The highest BCUT2D eigenvalue weighted by atomic mass is 14.2. The van der Waals surface area contributed by atoms with E-state index < -0.39 is 0 Å². The van der Waals surface area contributed by atoms with Crippen molar-refractivity contribution in [2.45, 2.75) is 79.1 Å². The largest absolute Gasteiger partial charge is 0.0654 e. The van der Waals surface area contributed by atoms with E-state index in [0.29, 0.717) is 0 Å². The predicted molar refractivity (Wildman–Crippen MR) is 107 cm³/mol. The molecule has 0 N–H and O–H groups in total. The third-order valence-electron chi connectivity index (χ3n) is 5.06. The third-order valence-corrected chi connectivity index (χ3v) is 5.06. The highest BCUT2D eigenvalue weighted by Crippen LogP contribution is 2.33. The Balaban J connectivity index is 2.56. The van der Waals surface area contributed by atoms with Gasteiger partial charge in [-0.15, -0.1) is 0 Å². The summed E-state index contributed by atoms with van der Waals surface area (Å²) in [7, 11) is 0. The summed E-state index contributed by atoms with van der Waals surface area (Å²) in [5.74, 6) is 0. The highest BCUT2D eigenvalue weighted by molar-refractivity contribution is 5.73. The van der Waals surface area contributed by atoms with Gasteiger partial charge >= 0.3 is 0 Å². The van der Waals surface area contributed by atoms with Crippen LogP contribution in [0.5, 0.6) is 0 Å². The molecule has 0 atom stereocenters. The zero-order valence-corrected chi connectivity index (χ0v) is 16.0. The van der Waals surface area contributed by atoms with Gasteiger partial charge in [-0.1, -0.05) is 70.9 Å². The van der Waals surface area contributed by atoms with Crippen LogP contribution in [0.15, 0.2) is 30.3 Å². The van der Waals surface area contributed by atoms with Gasteiger partial charge in [0.2, 0.25) is 0 Å². The summed E-state index contributed by atoms with van der Waals surface area (Å²) < 4.78 is 0. The molecule has 0 amide bonds. The Kier molecular flexibility index (Phi) is 7.56. The second-order valence-corrected chi connectivity index (χ2v) is 6.71. The summed E-state index contributed by atoms with van der Waals surface area (Å²) in [5, 5.41) is 0. The molecular weight excluding hydrogens is 288 g/mol. The van der Waals surface area contributed by atoms with Crippen LogP contribution in [0.1, 0.15) is 75.6 Å². The first-order chi connectivity index (χ1) is 11.8. The maximum absolute atomic E-state index is 3.56. The first-order valence-electron chi connectivity index (χ1n) is 9.90. The Bertz CT molecular complexity index is 636. The van der Waals surface area contributed by atoms with Gasteiger partial charge in [0.05, 0.1) is 0 Å². The van der Waals surface area contributed by atoms with Gasteiger partial charge < -0.3 is 0 Å². The van der Waals surface area contributed by atoms with Crippen LogP contribution >= 0.6 is 0 Å². The van der Waals surface area contributed by atoms with E-state index in [1.54, 1.807) is 5.56 Å². The Labute approximate surface area is 149 Å². The fraction of sp³-hybridized carbons (Fsp3) is 0.500. The van der Waals surface area contributed by atoms with E-state index >= 15 is 0 Å². The summed E-state index contributed by atoms with van der Waals surface area (Å²) in [4.78, 5) is 0. The highest BCUT2D eigenvalue weighted by Gasteiger charge is 2.14. The molecular formula is C24H33. The molecule has 1 radical (unpaired) electrons. The van der Waals surface area contributed by atoms with Gasteiger partial charge in [-0.3, -0.25) is 0 Å². The molecule has 0 saturated carbocycles. The lowest BCUT2D eigenvalue weighted by Gasteiger charge is -2.19. The van der Waals surface area contributed by atoms with Crippen molar-refractivity contribution in [3.8, 4) is 11.1 Å². The standard InChI is InChI=1S/C24H33/c1-5-9-13-20-15-12-18-24(22(20)16-10-6-2)23-17-11-14-19(7-3)21(23)8-4/h11-12,14,17-18H,5-10,13,16H2,1-4H3. The number of benzene rings is 2. The minimum atomic E-state index is 1.11. The number of hydrogen-bond acceptors (Lipinski definition) is 0. The number of unbranched alkanes of at least 4 members (excludes halogenated alkanes) is 2. The Morgan fingerprint density at radius 1 is 0.750 bits per heavy atom. The molecule has 0 aliphatic carbocycles. The Morgan fingerprint density at radius 3 is 2.12 bits per heavy atom. The predicted octanol–water partition coefficient (Wildman–Crippen LogP) is 6.96. The number of aryl methyl sites for hydroxylation is 2. The maximum Gasteiger partial charge on any atom is -0.0146 e. The lowest BCUT2D eigenvalue weighted by atomic mass is 9.86. The van der Waals surface area contributed by atoms with Gasteiger partial charge in [-0.2, -0.15) is 0 Å². The van der Waals surface area contributed by atoms with E-state index in [1.165, 1.54) is 59.9 Å². The second-order valence-electron chi connectivity index (χ2n) is 6.71. The van der Waals surface area contributed by atoms with Crippen LogP contribution in [-0.2, 0) is 25.7 Å². The molecule has 0 nitrogen and oxygen atoms in total. The van der Waals surface area contributed by atoms with Gasteiger partial charge in [-0.05, 0) is 78.0 Å². The molecule has 2 aromatic carbocycles. The van der Waals surface area contributed by atoms with E-state index in [2.05, 4.69) is 64.1 Å². The van der Waals surface area contributed by atoms with Gasteiger partial charge in [0.1, 0.15) is 0 Å². The maximum atomic E-state index is 3.56. The van der Waals surface area contributed by atoms with Gasteiger partial charge in [0.15, 0.2) is 0 Å². The minimum Gasteiger partial charge on any atom is -0.0654 e. The van der Waals surface area contributed by atoms with Crippen molar-refractivity contribution in [1.29, 1.82) is 0 Å². The van der Waals surface area contributed by atoms with Crippen LogP contribution in [-0.4, -0.2) is 0 Å². The van der Waals surface area contributed by atoms with Crippen molar-refractivity contribution >= 4 is 0 Å². The molecule has 0 saturated heterocycles. The van der Waals surface area contributed by atoms with Crippen LogP contribution in [0.4, 0.5) is 0 Å². The van der Waals surface area contributed by atoms with Gasteiger partial charge in [0, 0.05) is 0 Å². The normalized spacial score (nSPS) is 11.0. The molecule has 0 fully saturated rings. The van der Waals surface area contributed by atoms with E-state index in [-0.39, 0.29) is 0 Å². The monoisotopic (exact) mass is 321 g/mol. The average Bonchev–Trinajstić information content (AvgIpc) is 2.63. The number of rotatable bonds is 9. The van der Waals surface area contributed by atoms with Crippen molar-refractivity contribution in [3.63, 3.8) is 0 Å². The van der Waals surface area contributed by atoms with Crippen LogP contribution in [0.3, 0.4) is 0 Å². The molecule has 129 valence electrons. The summed E-state index contributed by atoms with van der Waals surface area (Å²) in [6.45, 7) is 9.11. The van der Waals surface area contributed by atoms with E-state index in [4.69, 9.17) is 0 Å². The lowest BCUT2D eigenvalue weighted by molar-refractivity contribution is 0.758. The lowest BCUT2D eigenvalue weighted by Crippen LogP contribution is -2.02. The molecule has 24 heavy (non-hydrogen) atoms. The third kappa shape index (κ3) is 4.29. The molecule has 2 aromatic rings. The molecule has 0 heteroatoms. The molecule has 0 spiro atoms. The quantitative estimate of drug-likeness (QED) is 0.468. The summed E-state index contributed by atoms with van der Waals surface area (Å²) >= 11 is 0. The Morgan fingerprint density at radius 2 is 1.46 bits per heavy atom. The minimum absolute atomic E-state index is 1.11. The smallest absolute Gasteiger partial charge is 0.0146 e. The molecule has 0 bridgehead atoms. The van der Waals surface area contributed by atoms with Crippen molar-refractivity contribution in [3.05, 3.63) is 58.7 Å². The molecule has 0 aliphatic heterocycles. The number of hydrogen-bond donors (Lipinski definition) is 0. The molecule has 0 heterocycles. The molecule has 0 aromatic heterocycles. The second kappa shape index (κ2) is 9.67. The zero-order valence-electron chi connectivity index (χ0n) is 16.0. The fourth-order valence-corrected chi connectivity index (χ4v) is 3.68. The van der Waals surface area contributed by atoms with Gasteiger partial charge in [-0.25, -0.2) is 0 Å². The van der Waals surface area contributed by atoms with Crippen molar-refractivity contribution in [1.82, 2.24) is 0 Å². The van der Waals surface area contributed by atoms with Crippen LogP contribution in [0.25, 0.3) is 11.1 Å². The fourth-order valence-electron chi connectivity index (χ4n) is 3.68. The van der Waals surface area contributed by atoms with E-state index in [1.807, 2.05) is 0 Å². The van der Waals surface area contributed by atoms with Crippen molar-refractivity contribution in [2.24, 2.45) is 0 Å². The Hall–Kier alpha value is -1.56. The van der Waals surface area contributed by atoms with E-state index in [9.17, 15) is 0 Å². The summed E-state index contributed by atoms with van der Waals surface area (Å²) in [5.41, 5.74) is 8.95. The first-order valence-corrected chi connectivity index (χ1v) is 9.90. The van der Waals surface area contributed by atoms with E-state index in [0.717, 1.165) is 19.3 Å². The topological polar surface area (TPSA) is 0 Å². The van der Waals surface area contributed by atoms with Gasteiger partial charge in [0.25, 0.3) is 0 Å². The van der Waals surface area contributed by atoms with Crippen LogP contribution in [0.2, 0.25) is 0 Å². The van der Waals surface area contributed by atoms with Crippen molar-refractivity contribution in [2.75, 3.05) is 0 Å². The summed E-state index contributed by atoms with van der Waals surface area (Å²) in [6, 6.07) is 14.9. The van der Waals surface area contributed by atoms with Crippen molar-refractivity contribution < 1.29 is 0 Å².